The number of rotatable bonds is 5. The van der Waals surface area contributed by atoms with Gasteiger partial charge in [-0.2, -0.15) is 10.2 Å². The average Bonchev–Trinajstić information content (AvgIpc) is 2.91. The molecule has 0 aliphatic heterocycles. The zero-order chi connectivity index (χ0) is 19.4. The Morgan fingerprint density at radius 2 is 1.96 bits per heavy atom. The lowest BCUT2D eigenvalue weighted by Gasteiger charge is -2.06. The summed E-state index contributed by atoms with van der Waals surface area (Å²) in [4.78, 5) is 12.1. The van der Waals surface area contributed by atoms with Gasteiger partial charge in [-0.3, -0.25) is 9.48 Å². The van der Waals surface area contributed by atoms with Gasteiger partial charge >= 0.3 is 0 Å². The van der Waals surface area contributed by atoms with Crippen molar-refractivity contribution < 1.29 is 4.79 Å². The van der Waals surface area contributed by atoms with Crippen molar-refractivity contribution in [2.75, 3.05) is 0 Å². The normalized spacial score (nSPS) is 11.1. The van der Waals surface area contributed by atoms with Crippen LogP contribution in [0.4, 0.5) is 0 Å². The first-order valence-electron chi connectivity index (χ1n) is 8.32. The molecular weight excluding hydrogens is 383 g/mol. The maximum Gasteiger partial charge on any atom is 0.271 e. The number of hydrazone groups is 1. The van der Waals surface area contributed by atoms with Gasteiger partial charge in [-0.25, -0.2) is 5.43 Å². The highest BCUT2D eigenvalue weighted by Gasteiger charge is 2.11. The number of nitrogens with one attached hydrogen (secondary N) is 1. The molecule has 0 saturated carbocycles. The van der Waals surface area contributed by atoms with Gasteiger partial charge in [0.1, 0.15) is 0 Å². The van der Waals surface area contributed by atoms with E-state index >= 15 is 0 Å². The number of halogens is 2. The third kappa shape index (κ3) is 4.56. The highest BCUT2D eigenvalue weighted by Crippen LogP contribution is 2.18. The first-order chi connectivity index (χ1) is 13.0. The van der Waals surface area contributed by atoms with Crippen LogP contribution in [0.3, 0.4) is 0 Å². The Morgan fingerprint density at radius 1 is 1.19 bits per heavy atom. The van der Waals surface area contributed by atoms with Gasteiger partial charge in [0.05, 0.1) is 18.5 Å². The molecule has 7 heteroatoms. The van der Waals surface area contributed by atoms with Crippen LogP contribution < -0.4 is 5.43 Å². The van der Waals surface area contributed by atoms with E-state index in [9.17, 15) is 4.79 Å². The Bertz CT molecular complexity index is 1010. The van der Waals surface area contributed by atoms with E-state index in [4.69, 9.17) is 23.2 Å². The zero-order valence-corrected chi connectivity index (χ0v) is 16.4. The maximum absolute atomic E-state index is 12.1. The van der Waals surface area contributed by atoms with Crippen LogP contribution in [0.15, 0.2) is 53.6 Å². The molecule has 1 amide bonds. The molecule has 1 N–H and O–H groups in total. The minimum atomic E-state index is -0.326. The minimum absolute atomic E-state index is 0.326. The molecule has 0 bridgehead atoms. The van der Waals surface area contributed by atoms with E-state index < -0.39 is 0 Å². The van der Waals surface area contributed by atoms with Gasteiger partial charge < -0.3 is 0 Å². The first-order valence-corrected chi connectivity index (χ1v) is 9.07. The predicted octanol–water partition coefficient (Wildman–Crippen LogP) is 4.62. The molecule has 0 fully saturated rings. The van der Waals surface area contributed by atoms with E-state index in [1.165, 1.54) is 0 Å². The molecule has 0 aliphatic rings. The van der Waals surface area contributed by atoms with E-state index in [2.05, 4.69) is 15.6 Å². The Morgan fingerprint density at radius 3 is 2.70 bits per heavy atom. The van der Waals surface area contributed by atoms with Crippen LogP contribution in [-0.2, 0) is 6.54 Å². The molecule has 1 aromatic heterocycles. The molecule has 0 atom stereocenters. The summed E-state index contributed by atoms with van der Waals surface area (Å²) in [6.07, 6.45) is 1.60. The minimum Gasteiger partial charge on any atom is -0.267 e. The molecule has 1 heterocycles. The van der Waals surface area contributed by atoms with Gasteiger partial charge in [-0.05, 0) is 43.7 Å². The second kappa shape index (κ2) is 8.37. The van der Waals surface area contributed by atoms with Gasteiger partial charge in [0.2, 0.25) is 0 Å². The van der Waals surface area contributed by atoms with Crippen molar-refractivity contribution in [2.24, 2.45) is 5.10 Å². The number of nitrogens with zero attached hydrogens (tertiary/aromatic N) is 3. The van der Waals surface area contributed by atoms with Gasteiger partial charge in [0.25, 0.3) is 5.91 Å². The molecule has 3 rings (SSSR count). The van der Waals surface area contributed by atoms with Crippen molar-refractivity contribution >= 4 is 35.3 Å². The number of aryl methyl sites for hydroxylation is 1. The Hall–Kier alpha value is -2.63. The SMILES string of the molecule is Cc1nn(Cc2ccccc2Cl)c(C)c1/C=N/NC(=O)c1cccc(Cl)c1. The smallest absolute Gasteiger partial charge is 0.267 e. The molecule has 0 unspecified atom stereocenters. The van der Waals surface area contributed by atoms with Crippen molar-refractivity contribution in [3.05, 3.63) is 86.7 Å². The van der Waals surface area contributed by atoms with Crippen molar-refractivity contribution in [1.82, 2.24) is 15.2 Å². The summed E-state index contributed by atoms with van der Waals surface area (Å²) in [6, 6.07) is 14.4. The molecule has 0 saturated heterocycles. The fourth-order valence-corrected chi connectivity index (χ4v) is 3.08. The number of hydrogen-bond donors (Lipinski definition) is 1. The average molecular weight is 401 g/mol. The number of hydrogen-bond acceptors (Lipinski definition) is 3. The van der Waals surface area contributed by atoms with Crippen molar-refractivity contribution in [3.8, 4) is 0 Å². The topological polar surface area (TPSA) is 59.3 Å². The molecule has 0 aliphatic carbocycles. The molecule has 3 aromatic rings. The predicted molar refractivity (Wildman–Crippen MR) is 109 cm³/mol. The molecule has 138 valence electrons. The number of aromatic nitrogens is 2. The number of benzene rings is 2. The van der Waals surface area contributed by atoms with E-state index in [1.807, 2.05) is 42.8 Å². The molecule has 0 radical (unpaired) electrons. The van der Waals surface area contributed by atoms with Crippen LogP contribution in [0.1, 0.15) is 32.9 Å². The molecule has 2 aromatic carbocycles. The van der Waals surface area contributed by atoms with E-state index in [0.29, 0.717) is 22.2 Å². The standard InChI is InChI=1S/C20H18Cl2N4O/c1-13-18(11-23-24-20(27)15-7-5-8-17(21)10-15)14(2)26(25-13)12-16-6-3-4-9-19(16)22/h3-11H,12H2,1-2H3,(H,24,27)/b23-11+. The highest BCUT2D eigenvalue weighted by atomic mass is 35.5. The number of amides is 1. The third-order valence-electron chi connectivity index (χ3n) is 4.16. The van der Waals surface area contributed by atoms with Crippen LogP contribution >= 0.6 is 23.2 Å². The van der Waals surface area contributed by atoms with E-state index in [1.54, 1.807) is 30.5 Å². The van der Waals surface area contributed by atoms with Crippen molar-refractivity contribution in [1.29, 1.82) is 0 Å². The highest BCUT2D eigenvalue weighted by molar-refractivity contribution is 6.31. The second-order valence-corrected chi connectivity index (χ2v) is 6.89. The van der Waals surface area contributed by atoms with Gasteiger partial charge in [-0.15, -0.1) is 0 Å². The monoisotopic (exact) mass is 400 g/mol. The summed E-state index contributed by atoms with van der Waals surface area (Å²) >= 11 is 12.1. The second-order valence-electron chi connectivity index (χ2n) is 6.04. The molecule has 27 heavy (non-hydrogen) atoms. The summed E-state index contributed by atoms with van der Waals surface area (Å²) in [5.74, 6) is -0.326. The fraction of sp³-hybridized carbons (Fsp3) is 0.150. The molecular formula is C20H18Cl2N4O. The van der Waals surface area contributed by atoms with Crippen LogP contribution in [0, 0.1) is 13.8 Å². The van der Waals surface area contributed by atoms with Gasteiger partial charge in [0.15, 0.2) is 0 Å². The van der Waals surface area contributed by atoms with Gasteiger partial charge in [0, 0.05) is 26.9 Å². The Kier molecular flexibility index (Phi) is 5.94. The number of carbonyl (C=O) groups is 1. The Balaban J connectivity index is 1.74. The third-order valence-corrected chi connectivity index (χ3v) is 4.77. The van der Waals surface area contributed by atoms with Gasteiger partial charge in [-0.1, -0.05) is 47.5 Å². The Labute approximate surface area is 167 Å². The van der Waals surface area contributed by atoms with E-state index in [0.717, 1.165) is 22.5 Å². The first kappa shape index (κ1) is 19.1. The lowest BCUT2D eigenvalue weighted by Crippen LogP contribution is -2.17. The number of carbonyl (C=O) groups excluding carboxylic acids is 1. The summed E-state index contributed by atoms with van der Waals surface area (Å²) in [5, 5.41) is 9.81. The van der Waals surface area contributed by atoms with Crippen molar-refractivity contribution in [2.45, 2.75) is 20.4 Å². The molecule has 5 nitrogen and oxygen atoms in total. The summed E-state index contributed by atoms with van der Waals surface area (Å²) in [7, 11) is 0. The zero-order valence-electron chi connectivity index (χ0n) is 14.9. The fourth-order valence-electron chi connectivity index (χ4n) is 2.69. The molecule has 0 spiro atoms. The van der Waals surface area contributed by atoms with Crippen LogP contribution in [0.2, 0.25) is 10.0 Å². The largest absolute Gasteiger partial charge is 0.271 e. The lowest BCUT2D eigenvalue weighted by molar-refractivity contribution is 0.0955. The van der Waals surface area contributed by atoms with Crippen molar-refractivity contribution in [3.63, 3.8) is 0 Å². The maximum atomic E-state index is 12.1. The lowest BCUT2D eigenvalue weighted by atomic mass is 10.2. The summed E-state index contributed by atoms with van der Waals surface area (Å²) < 4.78 is 1.87. The van der Waals surface area contributed by atoms with Crippen LogP contribution in [0.5, 0.6) is 0 Å². The van der Waals surface area contributed by atoms with E-state index in [-0.39, 0.29) is 5.91 Å². The van der Waals surface area contributed by atoms with Crippen LogP contribution in [0.25, 0.3) is 0 Å². The van der Waals surface area contributed by atoms with Crippen LogP contribution in [-0.4, -0.2) is 21.9 Å². The summed E-state index contributed by atoms with van der Waals surface area (Å²) in [5.41, 5.74) is 6.56. The summed E-state index contributed by atoms with van der Waals surface area (Å²) in [6.45, 7) is 4.42. The quantitative estimate of drug-likeness (QED) is 0.501.